The fraction of sp³-hybridized carbons (Fsp3) is 0.960. The SMILES string of the molecule is C[C@H](C[C@H](C)C(=O)O)[C@H]1CCC2C3C(CC[C@@]21C)[C@@]1(C)CC[C@@H](O)CC1[C@@H](O)[C@H]3O. The number of rotatable bonds is 4. The minimum absolute atomic E-state index is 0.00853. The number of aliphatic hydroxyl groups excluding tert-OH is 3. The van der Waals surface area contributed by atoms with Crippen LogP contribution in [0.3, 0.4) is 0 Å². The lowest BCUT2D eigenvalue weighted by molar-refractivity contribution is -0.223. The molecule has 0 spiro atoms. The highest BCUT2D eigenvalue weighted by Gasteiger charge is 2.65. The quantitative estimate of drug-likeness (QED) is 0.554. The molecular weight excluding hydrogens is 380 g/mol. The van der Waals surface area contributed by atoms with Gasteiger partial charge in [0.1, 0.15) is 0 Å². The standard InChI is InChI=1S/C25H42O5/c1-13(11-14(2)23(29)30)16-5-6-17-20-18(8-10-24(16,17)3)25(4)9-7-15(26)12-19(25)21(27)22(20)28/h13-22,26-28H,5-12H2,1-4H3,(H,29,30)/t13-,14+,15-,16-,17?,18?,19?,20?,21-,22+,24-,25-/m1/s1. The van der Waals surface area contributed by atoms with Gasteiger partial charge in [-0.15, -0.1) is 0 Å². The maximum absolute atomic E-state index is 11.4. The van der Waals surface area contributed by atoms with Gasteiger partial charge in [0.25, 0.3) is 0 Å². The summed E-state index contributed by atoms with van der Waals surface area (Å²) in [6, 6.07) is 0. The van der Waals surface area contributed by atoms with Crippen LogP contribution in [0, 0.1) is 52.3 Å². The molecule has 0 aromatic rings. The monoisotopic (exact) mass is 422 g/mol. The van der Waals surface area contributed by atoms with Crippen LogP contribution in [-0.2, 0) is 4.79 Å². The van der Waals surface area contributed by atoms with Gasteiger partial charge in [0.15, 0.2) is 0 Å². The molecule has 0 bridgehead atoms. The first kappa shape index (κ1) is 22.5. The number of hydrogen-bond acceptors (Lipinski definition) is 4. The zero-order chi connectivity index (χ0) is 22.0. The predicted octanol–water partition coefficient (Wildman–Crippen LogP) is 3.69. The Bertz CT molecular complexity index is 666. The van der Waals surface area contributed by atoms with E-state index in [0.717, 1.165) is 38.5 Å². The molecule has 4 saturated carbocycles. The third-order valence-corrected chi connectivity index (χ3v) is 10.6. The molecule has 0 aromatic heterocycles. The first-order valence-electron chi connectivity index (χ1n) is 12.3. The normalized spacial score (nSPS) is 52.6. The molecule has 4 unspecified atom stereocenters. The molecule has 4 aliphatic rings. The van der Waals surface area contributed by atoms with Gasteiger partial charge < -0.3 is 20.4 Å². The number of aliphatic hydroxyl groups is 3. The Morgan fingerprint density at radius 2 is 1.53 bits per heavy atom. The van der Waals surface area contributed by atoms with Crippen molar-refractivity contribution < 1.29 is 25.2 Å². The van der Waals surface area contributed by atoms with Crippen molar-refractivity contribution in [2.75, 3.05) is 0 Å². The average Bonchev–Trinajstić information content (AvgIpc) is 3.04. The van der Waals surface area contributed by atoms with Crippen molar-refractivity contribution in [3.05, 3.63) is 0 Å². The van der Waals surface area contributed by atoms with E-state index in [9.17, 15) is 25.2 Å². The van der Waals surface area contributed by atoms with Crippen LogP contribution in [0.25, 0.3) is 0 Å². The van der Waals surface area contributed by atoms with Crippen molar-refractivity contribution in [1.82, 2.24) is 0 Å². The van der Waals surface area contributed by atoms with Crippen LogP contribution in [-0.4, -0.2) is 44.7 Å². The molecule has 4 fully saturated rings. The van der Waals surface area contributed by atoms with Gasteiger partial charge in [-0.3, -0.25) is 4.79 Å². The van der Waals surface area contributed by atoms with E-state index in [4.69, 9.17) is 0 Å². The van der Waals surface area contributed by atoms with E-state index in [1.807, 2.05) is 6.92 Å². The summed E-state index contributed by atoms with van der Waals surface area (Å²) in [6.45, 7) is 8.72. The van der Waals surface area contributed by atoms with Gasteiger partial charge in [-0.25, -0.2) is 0 Å². The molecule has 30 heavy (non-hydrogen) atoms. The van der Waals surface area contributed by atoms with Gasteiger partial charge in [0.05, 0.1) is 24.2 Å². The highest BCUT2D eigenvalue weighted by molar-refractivity contribution is 5.69. The Labute approximate surface area is 181 Å². The number of fused-ring (bicyclic) bond motifs is 5. The number of carbonyl (C=O) groups is 1. The van der Waals surface area contributed by atoms with Gasteiger partial charge in [-0.2, -0.15) is 0 Å². The molecule has 172 valence electrons. The zero-order valence-corrected chi connectivity index (χ0v) is 19.1. The summed E-state index contributed by atoms with van der Waals surface area (Å²) >= 11 is 0. The van der Waals surface area contributed by atoms with Crippen molar-refractivity contribution >= 4 is 5.97 Å². The van der Waals surface area contributed by atoms with E-state index >= 15 is 0 Å². The number of aliphatic carboxylic acids is 1. The van der Waals surface area contributed by atoms with Gasteiger partial charge in [-0.05, 0) is 97.7 Å². The summed E-state index contributed by atoms with van der Waals surface area (Å²) in [4.78, 5) is 11.4. The lowest BCUT2D eigenvalue weighted by Gasteiger charge is -2.63. The van der Waals surface area contributed by atoms with Gasteiger partial charge >= 0.3 is 5.97 Å². The molecule has 4 N–H and O–H groups in total. The highest BCUT2D eigenvalue weighted by atomic mass is 16.4. The van der Waals surface area contributed by atoms with Crippen LogP contribution in [0.1, 0.15) is 79.1 Å². The summed E-state index contributed by atoms with van der Waals surface area (Å²) in [5.74, 6) is 0.675. The van der Waals surface area contributed by atoms with Crippen LogP contribution in [0.2, 0.25) is 0 Å². The lowest BCUT2D eigenvalue weighted by atomic mass is 9.43. The summed E-state index contributed by atoms with van der Waals surface area (Å²) in [7, 11) is 0. The van der Waals surface area contributed by atoms with Crippen LogP contribution in [0.15, 0.2) is 0 Å². The van der Waals surface area contributed by atoms with Crippen LogP contribution in [0.5, 0.6) is 0 Å². The molecule has 5 nitrogen and oxygen atoms in total. The average molecular weight is 423 g/mol. The molecule has 0 heterocycles. The topological polar surface area (TPSA) is 98.0 Å². The minimum atomic E-state index is -0.753. The van der Waals surface area contributed by atoms with Crippen molar-refractivity contribution in [2.24, 2.45) is 52.3 Å². The van der Waals surface area contributed by atoms with E-state index in [1.165, 1.54) is 0 Å². The van der Waals surface area contributed by atoms with E-state index < -0.39 is 18.2 Å². The minimum Gasteiger partial charge on any atom is -0.481 e. The van der Waals surface area contributed by atoms with Gasteiger partial charge in [0.2, 0.25) is 0 Å². The van der Waals surface area contributed by atoms with Crippen LogP contribution < -0.4 is 0 Å². The molecule has 0 aromatic carbocycles. The Morgan fingerprint density at radius 3 is 2.20 bits per heavy atom. The molecule has 4 aliphatic carbocycles. The molecule has 0 radical (unpaired) electrons. The van der Waals surface area contributed by atoms with E-state index in [-0.39, 0.29) is 34.7 Å². The Morgan fingerprint density at radius 1 is 0.900 bits per heavy atom. The van der Waals surface area contributed by atoms with Crippen molar-refractivity contribution in [2.45, 2.75) is 97.4 Å². The molecule has 0 amide bonds. The summed E-state index contributed by atoms with van der Waals surface area (Å²) in [5.41, 5.74) is 0.0995. The van der Waals surface area contributed by atoms with Crippen molar-refractivity contribution in [3.8, 4) is 0 Å². The fourth-order valence-corrected chi connectivity index (χ4v) is 9.04. The van der Waals surface area contributed by atoms with E-state index in [0.29, 0.717) is 36.5 Å². The molecule has 12 atom stereocenters. The second-order valence-corrected chi connectivity index (χ2v) is 12.0. The number of hydrogen-bond donors (Lipinski definition) is 4. The summed E-state index contributed by atoms with van der Waals surface area (Å²) < 4.78 is 0. The van der Waals surface area contributed by atoms with Gasteiger partial charge in [0, 0.05) is 0 Å². The Kier molecular flexibility index (Phi) is 5.81. The van der Waals surface area contributed by atoms with E-state index in [1.54, 1.807) is 0 Å². The smallest absolute Gasteiger partial charge is 0.306 e. The van der Waals surface area contributed by atoms with E-state index in [2.05, 4.69) is 20.8 Å². The number of carboxylic acid groups (broad SMARTS) is 1. The second-order valence-electron chi connectivity index (χ2n) is 12.0. The molecule has 0 aliphatic heterocycles. The third kappa shape index (κ3) is 3.26. The molecular formula is C25H42O5. The maximum atomic E-state index is 11.4. The zero-order valence-electron chi connectivity index (χ0n) is 19.1. The Balaban J connectivity index is 1.59. The first-order valence-corrected chi connectivity index (χ1v) is 12.3. The lowest BCUT2D eigenvalue weighted by Crippen LogP contribution is -2.64. The van der Waals surface area contributed by atoms with Crippen molar-refractivity contribution in [3.63, 3.8) is 0 Å². The summed E-state index contributed by atoms with van der Waals surface area (Å²) in [5, 5.41) is 42.0. The molecule has 0 saturated heterocycles. The predicted molar refractivity (Wildman–Crippen MR) is 115 cm³/mol. The van der Waals surface area contributed by atoms with Crippen molar-refractivity contribution in [1.29, 1.82) is 0 Å². The Hall–Kier alpha value is -0.650. The molecule has 4 rings (SSSR count). The number of carboxylic acids is 1. The fourth-order valence-electron chi connectivity index (χ4n) is 9.04. The molecule has 5 heteroatoms. The largest absolute Gasteiger partial charge is 0.481 e. The second kappa shape index (κ2) is 7.74. The van der Waals surface area contributed by atoms with Crippen LogP contribution in [0.4, 0.5) is 0 Å². The maximum Gasteiger partial charge on any atom is 0.306 e. The highest BCUT2D eigenvalue weighted by Crippen LogP contribution is 2.68. The van der Waals surface area contributed by atoms with Gasteiger partial charge in [-0.1, -0.05) is 27.7 Å². The van der Waals surface area contributed by atoms with Crippen LogP contribution >= 0.6 is 0 Å². The first-order chi connectivity index (χ1) is 14.0. The third-order valence-electron chi connectivity index (χ3n) is 10.6. The summed E-state index contributed by atoms with van der Waals surface area (Å²) in [6.07, 6.45) is 5.59.